The number of fused-ring (bicyclic) bond motifs is 1. The fourth-order valence-corrected chi connectivity index (χ4v) is 3.65. The maximum atomic E-state index is 13.3. The molecular weight excluding hydrogens is 375 g/mol. The van der Waals surface area contributed by atoms with Crippen LogP contribution in [0.4, 0.5) is 18.9 Å². The molecule has 4 rings (SSSR count). The Morgan fingerprint density at radius 1 is 1.21 bits per heavy atom. The SMILES string of the molecule is CN1CCC(Oc2ccc3c(n2)CN(c2cn[nH]c(=O)c2C(F)(F)F)C3)CC1. The largest absolute Gasteiger partial charge is 0.474 e. The number of piperidine rings is 1. The monoisotopic (exact) mass is 395 g/mol. The lowest BCUT2D eigenvalue weighted by atomic mass is 10.1. The van der Waals surface area contributed by atoms with Crippen LogP contribution in [-0.4, -0.2) is 46.3 Å². The maximum Gasteiger partial charge on any atom is 0.423 e. The number of hydrogen-bond acceptors (Lipinski definition) is 6. The van der Waals surface area contributed by atoms with E-state index in [1.165, 1.54) is 4.90 Å². The van der Waals surface area contributed by atoms with Crippen LogP contribution in [-0.2, 0) is 19.3 Å². The van der Waals surface area contributed by atoms with Gasteiger partial charge in [0.2, 0.25) is 5.88 Å². The van der Waals surface area contributed by atoms with Crippen molar-refractivity contribution in [1.82, 2.24) is 20.1 Å². The highest BCUT2D eigenvalue weighted by Crippen LogP contribution is 2.36. The molecule has 0 saturated carbocycles. The van der Waals surface area contributed by atoms with Crippen LogP contribution in [0.2, 0.25) is 0 Å². The average molecular weight is 395 g/mol. The van der Waals surface area contributed by atoms with Gasteiger partial charge in [-0.25, -0.2) is 10.1 Å². The molecule has 0 aromatic carbocycles. The first-order valence-electron chi connectivity index (χ1n) is 9.05. The minimum atomic E-state index is -4.77. The molecule has 0 aliphatic carbocycles. The van der Waals surface area contributed by atoms with Crippen molar-refractivity contribution in [2.75, 3.05) is 25.0 Å². The van der Waals surface area contributed by atoms with Gasteiger partial charge >= 0.3 is 6.18 Å². The number of aromatic amines is 1. The van der Waals surface area contributed by atoms with E-state index in [1.807, 2.05) is 11.2 Å². The fraction of sp³-hybridized carbons (Fsp3) is 0.500. The normalized spacial score (nSPS) is 18.4. The fourth-order valence-electron chi connectivity index (χ4n) is 3.65. The molecule has 150 valence electrons. The Labute approximate surface area is 159 Å². The van der Waals surface area contributed by atoms with Crippen molar-refractivity contribution in [3.8, 4) is 5.88 Å². The van der Waals surface area contributed by atoms with E-state index in [-0.39, 0.29) is 24.9 Å². The number of H-pyrrole nitrogens is 1. The Hall–Kier alpha value is -2.62. The Morgan fingerprint density at radius 3 is 2.68 bits per heavy atom. The third-order valence-corrected chi connectivity index (χ3v) is 5.16. The van der Waals surface area contributed by atoms with Crippen molar-refractivity contribution in [2.24, 2.45) is 0 Å². The van der Waals surface area contributed by atoms with Gasteiger partial charge in [-0.05, 0) is 31.5 Å². The maximum absolute atomic E-state index is 13.3. The Kier molecular flexibility index (Phi) is 4.74. The Balaban J connectivity index is 1.54. The van der Waals surface area contributed by atoms with Gasteiger partial charge in [-0.15, -0.1) is 0 Å². The molecule has 1 saturated heterocycles. The van der Waals surface area contributed by atoms with E-state index >= 15 is 0 Å². The van der Waals surface area contributed by atoms with E-state index in [0.29, 0.717) is 11.6 Å². The summed E-state index contributed by atoms with van der Waals surface area (Å²) >= 11 is 0. The standard InChI is InChI=1S/C18H20F3N5O2/c1-25-6-4-12(5-7-25)28-15-3-2-11-9-26(10-13(11)23-15)14-8-22-24-17(27)16(14)18(19,20)21/h2-3,8,12H,4-7,9-10H2,1H3,(H,24,27). The first-order valence-corrected chi connectivity index (χ1v) is 9.05. The molecule has 4 heterocycles. The smallest absolute Gasteiger partial charge is 0.423 e. The van der Waals surface area contributed by atoms with Crippen molar-refractivity contribution in [2.45, 2.75) is 38.2 Å². The van der Waals surface area contributed by atoms with Gasteiger partial charge in [0.15, 0.2) is 0 Å². The number of nitrogens with one attached hydrogen (secondary N) is 1. The van der Waals surface area contributed by atoms with Gasteiger partial charge in [-0.1, -0.05) is 0 Å². The first-order chi connectivity index (χ1) is 13.3. The van der Waals surface area contributed by atoms with E-state index in [9.17, 15) is 18.0 Å². The zero-order chi connectivity index (χ0) is 19.9. The van der Waals surface area contributed by atoms with Gasteiger partial charge in [0, 0.05) is 25.7 Å². The predicted octanol–water partition coefficient (Wildman–Crippen LogP) is 2.18. The molecule has 1 N–H and O–H groups in total. The molecular formula is C18H20F3N5O2. The molecule has 2 aliphatic rings. The van der Waals surface area contributed by atoms with Crippen LogP contribution in [0.15, 0.2) is 23.1 Å². The lowest BCUT2D eigenvalue weighted by Crippen LogP contribution is -2.35. The number of pyridine rings is 1. The summed E-state index contributed by atoms with van der Waals surface area (Å²) in [4.78, 5) is 19.9. The minimum Gasteiger partial charge on any atom is -0.474 e. The van der Waals surface area contributed by atoms with E-state index in [2.05, 4.69) is 22.0 Å². The lowest BCUT2D eigenvalue weighted by molar-refractivity contribution is -0.138. The van der Waals surface area contributed by atoms with Crippen LogP contribution in [0.25, 0.3) is 0 Å². The summed E-state index contributed by atoms with van der Waals surface area (Å²) < 4.78 is 46.0. The lowest BCUT2D eigenvalue weighted by Gasteiger charge is -2.29. The van der Waals surface area contributed by atoms with Crippen molar-refractivity contribution >= 4 is 5.69 Å². The summed E-state index contributed by atoms with van der Waals surface area (Å²) in [6.07, 6.45) is -1.82. The molecule has 28 heavy (non-hydrogen) atoms. The quantitative estimate of drug-likeness (QED) is 0.859. The molecule has 2 aliphatic heterocycles. The topological polar surface area (TPSA) is 74.3 Å². The number of likely N-dealkylation sites (tertiary alicyclic amines) is 1. The van der Waals surface area contributed by atoms with Gasteiger partial charge in [-0.3, -0.25) is 4.79 Å². The molecule has 0 unspecified atom stereocenters. The van der Waals surface area contributed by atoms with Crippen molar-refractivity contribution in [1.29, 1.82) is 0 Å². The molecule has 0 atom stereocenters. The average Bonchev–Trinajstić information content (AvgIpc) is 3.05. The number of alkyl halides is 3. The van der Waals surface area contributed by atoms with Gasteiger partial charge < -0.3 is 14.5 Å². The Bertz CT molecular complexity index is 922. The molecule has 0 bridgehead atoms. The number of hydrogen-bond donors (Lipinski definition) is 1. The molecule has 7 nitrogen and oxygen atoms in total. The highest BCUT2D eigenvalue weighted by molar-refractivity contribution is 5.55. The summed E-state index contributed by atoms with van der Waals surface area (Å²) in [6, 6.07) is 3.57. The van der Waals surface area contributed by atoms with Gasteiger partial charge in [-0.2, -0.15) is 18.3 Å². The number of nitrogens with zero attached hydrogens (tertiary/aromatic N) is 4. The summed E-state index contributed by atoms with van der Waals surface area (Å²) in [5.41, 5.74) is -1.27. The van der Waals surface area contributed by atoms with Gasteiger partial charge in [0.1, 0.15) is 11.7 Å². The molecule has 0 amide bonds. The molecule has 2 aromatic rings. The first kappa shape index (κ1) is 18.7. The van der Waals surface area contributed by atoms with Crippen molar-refractivity contribution in [3.05, 3.63) is 45.5 Å². The number of rotatable bonds is 3. The summed E-state index contributed by atoms with van der Waals surface area (Å²) in [5, 5.41) is 5.40. The molecule has 10 heteroatoms. The second-order valence-corrected chi connectivity index (χ2v) is 7.19. The zero-order valence-corrected chi connectivity index (χ0v) is 15.3. The second kappa shape index (κ2) is 7.08. The van der Waals surface area contributed by atoms with Crippen LogP contribution in [0.3, 0.4) is 0 Å². The van der Waals surface area contributed by atoms with Gasteiger partial charge in [0.25, 0.3) is 5.56 Å². The highest BCUT2D eigenvalue weighted by atomic mass is 19.4. The summed E-state index contributed by atoms with van der Waals surface area (Å²) in [7, 11) is 2.07. The summed E-state index contributed by atoms with van der Waals surface area (Å²) in [6.45, 7) is 2.30. The number of anilines is 1. The van der Waals surface area contributed by atoms with Crippen molar-refractivity contribution in [3.63, 3.8) is 0 Å². The number of ether oxygens (including phenoxy) is 1. The zero-order valence-electron chi connectivity index (χ0n) is 15.3. The molecule has 0 spiro atoms. The third kappa shape index (κ3) is 3.68. The van der Waals surface area contributed by atoms with Gasteiger partial charge in [0.05, 0.1) is 24.1 Å². The van der Waals surface area contributed by atoms with E-state index in [1.54, 1.807) is 6.07 Å². The van der Waals surface area contributed by atoms with Crippen LogP contribution in [0, 0.1) is 0 Å². The van der Waals surface area contributed by atoms with Crippen LogP contribution < -0.4 is 15.2 Å². The number of halogens is 3. The minimum absolute atomic E-state index is 0.0907. The van der Waals surface area contributed by atoms with Crippen LogP contribution in [0.5, 0.6) is 5.88 Å². The van der Waals surface area contributed by atoms with Crippen LogP contribution in [0.1, 0.15) is 29.7 Å². The van der Waals surface area contributed by atoms with Crippen LogP contribution >= 0.6 is 0 Å². The predicted molar refractivity (Wildman–Crippen MR) is 95.1 cm³/mol. The third-order valence-electron chi connectivity index (χ3n) is 5.16. The van der Waals surface area contributed by atoms with E-state index < -0.39 is 17.3 Å². The van der Waals surface area contributed by atoms with E-state index in [0.717, 1.165) is 37.7 Å². The molecule has 0 radical (unpaired) electrons. The number of aromatic nitrogens is 3. The second-order valence-electron chi connectivity index (χ2n) is 7.19. The summed E-state index contributed by atoms with van der Waals surface area (Å²) in [5.74, 6) is 0.482. The van der Waals surface area contributed by atoms with Crippen molar-refractivity contribution < 1.29 is 17.9 Å². The molecule has 1 fully saturated rings. The van der Waals surface area contributed by atoms with E-state index in [4.69, 9.17) is 4.74 Å². The molecule has 2 aromatic heterocycles. The highest BCUT2D eigenvalue weighted by Gasteiger charge is 2.39. The Morgan fingerprint density at radius 2 is 1.96 bits per heavy atom.